The van der Waals surface area contributed by atoms with Crippen LogP contribution < -0.4 is 39.4 Å². The minimum Gasteiger partial charge on any atom is -0.545 e. The number of aliphatic hydroxyl groups is 1. The van der Waals surface area contributed by atoms with E-state index < -0.39 is 12.3 Å². The zero-order valence-electron chi connectivity index (χ0n) is 8.06. The van der Waals surface area contributed by atoms with E-state index in [1.807, 2.05) is 0 Å². The van der Waals surface area contributed by atoms with Crippen LogP contribution in [0.1, 0.15) is 17.3 Å². The Morgan fingerprint density at radius 3 is 2.57 bits per heavy atom. The van der Waals surface area contributed by atoms with Crippen molar-refractivity contribution < 1.29 is 49.3 Å². The van der Waals surface area contributed by atoms with Gasteiger partial charge in [0.05, 0.1) is 5.97 Å². The Balaban J connectivity index is 0.00000169. The minimum atomic E-state index is -1.32. The van der Waals surface area contributed by atoms with E-state index in [9.17, 15) is 9.90 Å². The number of carbonyl (C=O) groups excluding carboxylic acids is 1. The predicted octanol–water partition coefficient (Wildman–Crippen LogP) is -3.23. The second-order valence-corrected chi connectivity index (χ2v) is 2.50. The Bertz CT molecular complexity index is 311. The van der Waals surface area contributed by atoms with Crippen LogP contribution in [0, 0.1) is 0 Å². The van der Waals surface area contributed by atoms with Crippen molar-refractivity contribution in [1.82, 2.24) is 0 Å². The van der Waals surface area contributed by atoms with E-state index in [0.717, 1.165) is 0 Å². The number of carboxylic acids is 1. The minimum absolute atomic E-state index is 0. The molecule has 0 aliphatic carbocycles. The van der Waals surface area contributed by atoms with E-state index in [1.54, 1.807) is 12.1 Å². The maximum Gasteiger partial charge on any atom is 1.00 e. The molecule has 4 nitrogen and oxygen atoms in total. The van der Waals surface area contributed by atoms with Crippen LogP contribution in [0.3, 0.4) is 0 Å². The van der Waals surface area contributed by atoms with Gasteiger partial charge >= 0.3 is 29.6 Å². The Morgan fingerprint density at radius 1 is 1.50 bits per heavy atom. The summed E-state index contributed by atoms with van der Waals surface area (Å²) in [7, 11) is 0. The third-order valence-electron chi connectivity index (χ3n) is 1.40. The van der Waals surface area contributed by atoms with Crippen LogP contribution >= 0.6 is 0 Å². The molecule has 1 unspecified atom stereocenters. The van der Waals surface area contributed by atoms with E-state index in [0.29, 0.717) is 0 Å². The molecule has 0 saturated heterocycles. The van der Waals surface area contributed by atoms with Crippen molar-refractivity contribution in [1.29, 1.82) is 0 Å². The second-order valence-electron chi connectivity index (χ2n) is 2.50. The molecule has 5 heteroatoms. The number of para-hydroxylation sites is 1. The molecule has 0 aromatic heterocycles. The van der Waals surface area contributed by atoms with Crippen molar-refractivity contribution in [2.45, 2.75) is 13.2 Å². The fraction of sp³-hybridized carbons (Fsp3) is 0.222. The topological polar surface area (TPSA) is 69.6 Å². The molecule has 1 N–H and O–H groups in total. The number of ether oxygens (including phenoxy) is 1. The van der Waals surface area contributed by atoms with E-state index >= 15 is 0 Å². The molecule has 70 valence electrons. The van der Waals surface area contributed by atoms with Gasteiger partial charge in [-0.25, -0.2) is 0 Å². The summed E-state index contributed by atoms with van der Waals surface area (Å²) in [5.74, 6) is -1.21. The third-order valence-corrected chi connectivity index (χ3v) is 1.40. The van der Waals surface area contributed by atoms with Crippen molar-refractivity contribution in [2.24, 2.45) is 0 Å². The van der Waals surface area contributed by atoms with Crippen molar-refractivity contribution in [2.75, 3.05) is 0 Å². The molecule has 1 aromatic rings. The quantitative estimate of drug-likeness (QED) is 0.415. The van der Waals surface area contributed by atoms with Crippen LogP contribution in [0.4, 0.5) is 0 Å². The van der Waals surface area contributed by atoms with Gasteiger partial charge in [0.1, 0.15) is 5.75 Å². The number of aromatic carboxylic acids is 1. The largest absolute Gasteiger partial charge is 1.00 e. The zero-order chi connectivity index (χ0) is 9.84. The van der Waals surface area contributed by atoms with E-state index in [-0.39, 0.29) is 40.9 Å². The van der Waals surface area contributed by atoms with Crippen molar-refractivity contribution in [3.8, 4) is 5.75 Å². The number of hydrogen-bond acceptors (Lipinski definition) is 4. The molecule has 1 aromatic carbocycles. The second kappa shape index (κ2) is 6.03. The Morgan fingerprint density at radius 2 is 2.07 bits per heavy atom. The number of rotatable bonds is 3. The van der Waals surface area contributed by atoms with Crippen LogP contribution in [0.15, 0.2) is 24.3 Å². The summed E-state index contributed by atoms with van der Waals surface area (Å²) in [6, 6.07) is 5.98. The maximum atomic E-state index is 10.5. The molecule has 0 fully saturated rings. The van der Waals surface area contributed by atoms with E-state index in [1.165, 1.54) is 19.1 Å². The number of hydrogen-bond donors (Lipinski definition) is 1. The maximum absolute atomic E-state index is 10.5. The average Bonchev–Trinajstić information content (AvgIpc) is 2.03. The Labute approximate surface area is 104 Å². The van der Waals surface area contributed by atoms with Crippen LogP contribution in [0.5, 0.6) is 5.75 Å². The normalized spacial score (nSPS) is 11.3. The molecule has 0 aliphatic rings. The van der Waals surface area contributed by atoms with Gasteiger partial charge in [-0.15, -0.1) is 0 Å². The molecular weight excluding hydrogens is 195 g/mol. The van der Waals surface area contributed by atoms with E-state index in [4.69, 9.17) is 9.84 Å². The molecule has 0 radical (unpaired) electrons. The first kappa shape index (κ1) is 13.4. The molecule has 0 aliphatic heterocycles. The van der Waals surface area contributed by atoms with Gasteiger partial charge in [-0.1, -0.05) is 12.1 Å². The first-order valence-corrected chi connectivity index (χ1v) is 3.76. The molecular formula is C9H9NaO4. The first-order chi connectivity index (χ1) is 6.11. The van der Waals surface area contributed by atoms with Crippen molar-refractivity contribution >= 4 is 5.97 Å². The first-order valence-electron chi connectivity index (χ1n) is 3.76. The van der Waals surface area contributed by atoms with Crippen molar-refractivity contribution in [3.05, 3.63) is 29.8 Å². The fourth-order valence-corrected chi connectivity index (χ4v) is 0.922. The van der Waals surface area contributed by atoms with Crippen LogP contribution in [-0.4, -0.2) is 17.4 Å². The Hall–Kier alpha value is -0.550. The molecule has 0 heterocycles. The molecule has 0 amide bonds. The molecule has 0 spiro atoms. The van der Waals surface area contributed by atoms with Gasteiger partial charge in [-0.05, 0) is 19.1 Å². The van der Waals surface area contributed by atoms with Gasteiger partial charge in [-0.3, -0.25) is 0 Å². The number of benzene rings is 1. The van der Waals surface area contributed by atoms with Gasteiger partial charge in [0, 0.05) is 5.56 Å². The SMILES string of the molecule is CC(O)Oc1ccccc1C(=O)[O-].[Na+]. The fourth-order valence-electron chi connectivity index (χ4n) is 0.922. The van der Waals surface area contributed by atoms with E-state index in [2.05, 4.69) is 0 Å². The zero-order valence-corrected chi connectivity index (χ0v) is 10.1. The average molecular weight is 204 g/mol. The number of carbonyl (C=O) groups is 1. The third kappa shape index (κ3) is 3.67. The standard InChI is InChI=1S/C9H10O4.Na/c1-6(10)13-8-5-3-2-4-7(8)9(11)12;/h2-6,10H,1H3,(H,11,12);/q;+1/p-1. The van der Waals surface area contributed by atoms with Crippen LogP contribution in [-0.2, 0) is 0 Å². The van der Waals surface area contributed by atoms with Crippen molar-refractivity contribution in [3.63, 3.8) is 0 Å². The molecule has 1 rings (SSSR count). The smallest absolute Gasteiger partial charge is 0.545 e. The van der Waals surface area contributed by atoms with Gasteiger partial charge < -0.3 is 19.7 Å². The summed E-state index contributed by atoms with van der Waals surface area (Å²) in [6.07, 6.45) is -1.04. The summed E-state index contributed by atoms with van der Waals surface area (Å²) in [5.41, 5.74) is -0.0663. The van der Waals surface area contributed by atoms with Gasteiger partial charge in [0.25, 0.3) is 0 Å². The number of aliphatic hydroxyl groups excluding tert-OH is 1. The van der Waals surface area contributed by atoms with Gasteiger partial charge in [-0.2, -0.15) is 0 Å². The van der Waals surface area contributed by atoms with Gasteiger partial charge in [0.2, 0.25) is 0 Å². The summed E-state index contributed by atoms with van der Waals surface area (Å²) in [5, 5.41) is 19.4. The Kier molecular flexibility index (Phi) is 5.79. The molecule has 14 heavy (non-hydrogen) atoms. The van der Waals surface area contributed by atoms with Crippen LogP contribution in [0.25, 0.3) is 0 Å². The monoisotopic (exact) mass is 204 g/mol. The summed E-state index contributed by atoms with van der Waals surface area (Å²) < 4.78 is 4.84. The summed E-state index contributed by atoms with van der Waals surface area (Å²) in [4.78, 5) is 10.5. The van der Waals surface area contributed by atoms with Crippen LogP contribution in [0.2, 0.25) is 0 Å². The predicted molar refractivity (Wildman–Crippen MR) is 43.1 cm³/mol. The molecule has 1 atom stereocenters. The summed E-state index contributed by atoms with van der Waals surface area (Å²) >= 11 is 0. The summed E-state index contributed by atoms with van der Waals surface area (Å²) in [6.45, 7) is 1.39. The van der Waals surface area contributed by atoms with Gasteiger partial charge in [0.15, 0.2) is 6.29 Å². The molecule has 0 saturated carbocycles. The number of carboxylic acid groups (broad SMARTS) is 1. The molecule has 0 bridgehead atoms.